The zero-order valence-electron chi connectivity index (χ0n) is 12.4. The number of alkyl halides is 3. The smallest absolute Gasteiger partial charge is 0.335 e. The van der Waals surface area contributed by atoms with Crippen molar-refractivity contribution in [1.82, 2.24) is 4.90 Å². The molecule has 0 aliphatic heterocycles. The Balaban J connectivity index is 1.70. The van der Waals surface area contributed by atoms with Gasteiger partial charge in [-0.25, -0.2) is 0 Å². The maximum atomic E-state index is 12.6. The van der Waals surface area contributed by atoms with Crippen molar-refractivity contribution in [1.29, 1.82) is 0 Å². The van der Waals surface area contributed by atoms with Crippen LogP contribution in [0.1, 0.15) is 49.7 Å². The number of hydrogen-bond donors (Lipinski definition) is 0. The van der Waals surface area contributed by atoms with Crippen molar-refractivity contribution < 1.29 is 18.0 Å². The van der Waals surface area contributed by atoms with E-state index < -0.39 is 11.7 Å². The zero-order valence-corrected chi connectivity index (χ0v) is 12.4. The topological polar surface area (TPSA) is 20.3 Å². The van der Waals surface area contributed by atoms with Gasteiger partial charge in [-0.05, 0) is 43.4 Å². The van der Waals surface area contributed by atoms with E-state index in [1.165, 1.54) is 12.1 Å². The normalized spacial score (nSPS) is 19.4. The van der Waals surface area contributed by atoms with Crippen LogP contribution in [0.3, 0.4) is 0 Å². The second-order valence-electron chi connectivity index (χ2n) is 6.37. The Bertz CT molecular complexity index is 528. The van der Waals surface area contributed by atoms with E-state index in [9.17, 15) is 18.0 Å². The predicted molar refractivity (Wildman–Crippen MR) is 77.0 cm³/mol. The van der Waals surface area contributed by atoms with Gasteiger partial charge in [0.15, 0.2) is 0 Å². The predicted octanol–water partition coefficient (Wildman–Crippen LogP) is 4.39. The van der Waals surface area contributed by atoms with Gasteiger partial charge in [0.2, 0.25) is 5.91 Å². The fraction of sp³-hybridized carbons (Fsp3) is 0.588. The summed E-state index contributed by atoms with van der Waals surface area (Å²) < 4.78 is 37.8. The second-order valence-corrected chi connectivity index (χ2v) is 6.37. The minimum atomic E-state index is -4.31. The maximum absolute atomic E-state index is 12.6. The first-order valence-corrected chi connectivity index (χ1v) is 7.92. The van der Waals surface area contributed by atoms with Gasteiger partial charge in [-0.3, -0.25) is 4.79 Å². The molecule has 1 aromatic carbocycles. The van der Waals surface area contributed by atoms with E-state index in [2.05, 4.69) is 0 Å². The molecule has 1 amide bonds. The molecule has 0 aromatic heterocycles. The van der Waals surface area contributed by atoms with Crippen LogP contribution in [0.2, 0.25) is 0 Å². The van der Waals surface area contributed by atoms with Gasteiger partial charge in [0.1, 0.15) is 0 Å². The number of nitrogens with zero attached hydrogens (tertiary/aromatic N) is 1. The van der Waals surface area contributed by atoms with Crippen molar-refractivity contribution in [3.05, 3.63) is 35.4 Å². The van der Waals surface area contributed by atoms with E-state index >= 15 is 0 Å². The molecule has 120 valence electrons. The first-order valence-electron chi connectivity index (χ1n) is 7.92. The summed E-state index contributed by atoms with van der Waals surface area (Å²) in [6, 6.07) is 5.46. The Labute approximate surface area is 128 Å². The van der Waals surface area contributed by atoms with Crippen molar-refractivity contribution in [3.8, 4) is 0 Å². The van der Waals surface area contributed by atoms with Gasteiger partial charge in [0.25, 0.3) is 0 Å². The number of rotatable bonds is 4. The third kappa shape index (κ3) is 3.45. The van der Waals surface area contributed by atoms with E-state index in [0.717, 1.165) is 56.2 Å². The van der Waals surface area contributed by atoms with E-state index in [-0.39, 0.29) is 17.9 Å². The molecule has 0 saturated heterocycles. The van der Waals surface area contributed by atoms with Gasteiger partial charge in [-0.15, -0.1) is 0 Å². The average molecular weight is 311 g/mol. The van der Waals surface area contributed by atoms with Crippen LogP contribution < -0.4 is 0 Å². The van der Waals surface area contributed by atoms with Crippen LogP contribution in [0, 0.1) is 5.92 Å². The molecule has 0 unspecified atom stereocenters. The van der Waals surface area contributed by atoms with Crippen molar-refractivity contribution in [2.24, 2.45) is 5.92 Å². The SMILES string of the molecule is O=C(C1CCCC1)N(Cc1ccc(C(F)(F)F)cc1)C1CC1. The highest BCUT2D eigenvalue weighted by atomic mass is 19.4. The molecule has 2 saturated carbocycles. The van der Waals surface area contributed by atoms with Crippen molar-refractivity contribution >= 4 is 5.91 Å². The number of carbonyl (C=O) groups is 1. The number of amides is 1. The van der Waals surface area contributed by atoms with Crippen LogP contribution in [0.4, 0.5) is 13.2 Å². The third-order valence-electron chi connectivity index (χ3n) is 4.61. The Morgan fingerprint density at radius 1 is 1.05 bits per heavy atom. The molecule has 1 aromatic rings. The Kier molecular flexibility index (Phi) is 4.15. The number of benzene rings is 1. The standard InChI is InChI=1S/C17H20F3NO/c18-17(19,20)14-7-5-12(6-8-14)11-21(15-9-10-15)16(22)13-3-1-2-4-13/h5-8,13,15H,1-4,9-11H2. The summed E-state index contributed by atoms with van der Waals surface area (Å²) in [5, 5.41) is 0. The molecular formula is C17H20F3NO. The minimum absolute atomic E-state index is 0.120. The van der Waals surface area contributed by atoms with E-state index in [0.29, 0.717) is 6.54 Å². The molecule has 0 spiro atoms. The molecule has 5 heteroatoms. The summed E-state index contributed by atoms with van der Waals surface area (Å²) >= 11 is 0. The zero-order chi connectivity index (χ0) is 15.7. The van der Waals surface area contributed by atoms with Crippen molar-refractivity contribution in [2.75, 3.05) is 0 Å². The van der Waals surface area contributed by atoms with Crippen molar-refractivity contribution in [3.63, 3.8) is 0 Å². The quantitative estimate of drug-likeness (QED) is 0.808. The maximum Gasteiger partial charge on any atom is 0.416 e. The lowest BCUT2D eigenvalue weighted by Gasteiger charge is -2.26. The molecule has 0 heterocycles. The fourth-order valence-corrected chi connectivity index (χ4v) is 3.18. The summed E-state index contributed by atoms with van der Waals surface area (Å²) in [4.78, 5) is 14.5. The van der Waals surface area contributed by atoms with Gasteiger partial charge in [0.05, 0.1) is 5.56 Å². The number of halogens is 3. The molecule has 3 rings (SSSR count). The Hall–Kier alpha value is -1.52. The summed E-state index contributed by atoms with van der Waals surface area (Å²) in [6.45, 7) is 0.429. The Morgan fingerprint density at radius 2 is 1.64 bits per heavy atom. The van der Waals surface area contributed by atoms with Crippen LogP contribution in [0.5, 0.6) is 0 Å². The van der Waals surface area contributed by atoms with Gasteiger partial charge in [-0.2, -0.15) is 13.2 Å². The third-order valence-corrected chi connectivity index (χ3v) is 4.61. The second kappa shape index (κ2) is 5.94. The molecule has 2 nitrogen and oxygen atoms in total. The highest BCUT2D eigenvalue weighted by molar-refractivity contribution is 5.79. The van der Waals surface area contributed by atoms with Gasteiger partial charge in [-0.1, -0.05) is 25.0 Å². The highest BCUT2D eigenvalue weighted by Crippen LogP contribution is 2.34. The molecule has 0 radical (unpaired) electrons. The lowest BCUT2D eigenvalue weighted by atomic mass is 10.1. The molecular weight excluding hydrogens is 291 g/mol. The number of carbonyl (C=O) groups excluding carboxylic acids is 1. The van der Waals surface area contributed by atoms with Gasteiger partial charge in [0, 0.05) is 18.5 Å². The highest BCUT2D eigenvalue weighted by Gasteiger charge is 2.36. The van der Waals surface area contributed by atoms with Crippen LogP contribution in [-0.2, 0) is 17.5 Å². The first kappa shape index (κ1) is 15.4. The van der Waals surface area contributed by atoms with Crippen LogP contribution in [0.15, 0.2) is 24.3 Å². The largest absolute Gasteiger partial charge is 0.416 e. The molecule has 2 aliphatic rings. The fourth-order valence-electron chi connectivity index (χ4n) is 3.18. The molecule has 0 bridgehead atoms. The summed E-state index contributed by atoms with van der Waals surface area (Å²) in [6.07, 6.45) is 1.83. The average Bonchev–Trinajstić information content (AvgIpc) is 3.17. The van der Waals surface area contributed by atoms with Crippen LogP contribution in [0.25, 0.3) is 0 Å². The summed E-state index contributed by atoms with van der Waals surface area (Å²) in [5.41, 5.74) is 0.127. The lowest BCUT2D eigenvalue weighted by molar-refractivity contribution is -0.138. The molecule has 0 atom stereocenters. The summed E-state index contributed by atoms with van der Waals surface area (Å²) in [5.74, 6) is 0.315. The monoisotopic (exact) mass is 311 g/mol. The lowest BCUT2D eigenvalue weighted by Crippen LogP contribution is -2.36. The van der Waals surface area contributed by atoms with Gasteiger partial charge >= 0.3 is 6.18 Å². The molecule has 0 N–H and O–H groups in total. The Morgan fingerprint density at radius 3 is 2.14 bits per heavy atom. The number of hydrogen-bond acceptors (Lipinski definition) is 1. The van der Waals surface area contributed by atoms with Gasteiger partial charge < -0.3 is 4.90 Å². The molecule has 2 fully saturated rings. The van der Waals surface area contributed by atoms with E-state index in [1.54, 1.807) is 0 Å². The van der Waals surface area contributed by atoms with Crippen LogP contribution >= 0.6 is 0 Å². The van der Waals surface area contributed by atoms with E-state index in [1.807, 2.05) is 4.90 Å². The minimum Gasteiger partial charge on any atom is -0.335 e. The molecule has 22 heavy (non-hydrogen) atoms. The van der Waals surface area contributed by atoms with Crippen molar-refractivity contribution in [2.45, 2.75) is 57.3 Å². The molecule has 2 aliphatic carbocycles. The first-order chi connectivity index (χ1) is 10.4. The van der Waals surface area contributed by atoms with E-state index in [4.69, 9.17) is 0 Å². The van der Waals surface area contributed by atoms with Crippen LogP contribution in [-0.4, -0.2) is 16.8 Å². The summed E-state index contributed by atoms with van der Waals surface area (Å²) in [7, 11) is 0.